The number of anilines is 1. The zero-order valence-corrected chi connectivity index (χ0v) is 13.0. The van der Waals surface area contributed by atoms with Crippen LogP contribution in [0.5, 0.6) is 17.4 Å². The monoisotopic (exact) mass is 307 g/mol. The fourth-order valence-corrected chi connectivity index (χ4v) is 2.29. The van der Waals surface area contributed by atoms with Gasteiger partial charge in [-0.25, -0.2) is 4.98 Å². The molecule has 0 aliphatic rings. The highest BCUT2D eigenvalue weighted by atomic mass is 16.5. The molecule has 1 heterocycles. The highest BCUT2D eigenvalue weighted by Crippen LogP contribution is 2.35. The number of aryl methyl sites for hydroxylation is 1. The zero-order chi connectivity index (χ0) is 16.2. The van der Waals surface area contributed by atoms with Crippen LogP contribution in [-0.4, -0.2) is 17.1 Å². The molecule has 0 saturated carbocycles. The topological polar surface area (TPSA) is 70.3 Å². The molecule has 0 fully saturated rings. The van der Waals surface area contributed by atoms with Crippen molar-refractivity contribution in [2.75, 3.05) is 12.8 Å². The van der Waals surface area contributed by atoms with Crippen molar-refractivity contribution in [1.82, 2.24) is 9.97 Å². The molecule has 0 unspecified atom stereocenters. The number of methoxy groups -OCH3 is 1. The van der Waals surface area contributed by atoms with Crippen molar-refractivity contribution in [3.8, 4) is 28.6 Å². The molecule has 0 saturated heterocycles. The van der Waals surface area contributed by atoms with E-state index in [-0.39, 0.29) is 0 Å². The number of ether oxygens (including phenoxy) is 2. The number of benzene rings is 2. The number of hydrogen-bond acceptors (Lipinski definition) is 5. The van der Waals surface area contributed by atoms with Gasteiger partial charge in [-0.15, -0.1) is 0 Å². The first kappa shape index (κ1) is 14.8. The Labute approximate surface area is 134 Å². The number of para-hydroxylation sites is 2. The third-order valence-corrected chi connectivity index (χ3v) is 3.41. The summed E-state index contributed by atoms with van der Waals surface area (Å²) in [6.45, 7) is 2.02. The molecule has 3 rings (SSSR count). The molecule has 5 nitrogen and oxygen atoms in total. The third kappa shape index (κ3) is 3.08. The van der Waals surface area contributed by atoms with Crippen LogP contribution in [0.15, 0.2) is 54.9 Å². The Morgan fingerprint density at radius 1 is 0.957 bits per heavy atom. The fourth-order valence-electron chi connectivity index (χ4n) is 2.29. The minimum atomic E-state index is 0.306. The number of nitrogens with two attached hydrogens (primary N) is 1. The highest BCUT2D eigenvalue weighted by molar-refractivity contribution is 5.76. The minimum Gasteiger partial charge on any atom is -0.493 e. The lowest BCUT2D eigenvalue weighted by molar-refractivity contribution is 0.374. The molecule has 2 N–H and O–H groups in total. The smallest absolute Gasteiger partial charge is 0.246 e. The average molecular weight is 307 g/mol. The van der Waals surface area contributed by atoms with Crippen molar-refractivity contribution in [3.05, 3.63) is 60.4 Å². The Morgan fingerprint density at radius 3 is 2.48 bits per heavy atom. The maximum Gasteiger partial charge on any atom is 0.246 e. The van der Waals surface area contributed by atoms with E-state index in [9.17, 15) is 0 Å². The second-order valence-electron chi connectivity index (χ2n) is 5.06. The molecule has 0 radical (unpaired) electrons. The van der Waals surface area contributed by atoms with Crippen molar-refractivity contribution < 1.29 is 9.47 Å². The van der Waals surface area contributed by atoms with E-state index in [1.165, 1.54) is 6.33 Å². The molecule has 116 valence electrons. The second-order valence-corrected chi connectivity index (χ2v) is 5.06. The lowest BCUT2D eigenvalue weighted by atomic mass is 10.1. The van der Waals surface area contributed by atoms with Crippen LogP contribution in [-0.2, 0) is 0 Å². The van der Waals surface area contributed by atoms with E-state index in [2.05, 4.69) is 9.97 Å². The molecule has 0 spiro atoms. The van der Waals surface area contributed by atoms with E-state index < -0.39 is 0 Å². The van der Waals surface area contributed by atoms with Crippen LogP contribution in [0.4, 0.5) is 5.69 Å². The third-order valence-electron chi connectivity index (χ3n) is 3.41. The molecular formula is C18H17N3O2. The molecule has 23 heavy (non-hydrogen) atoms. The van der Waals surface area contributed by atoms with E-state index >= 15 is 0 Å². The summed E-state index contributed by atoms with van der Waals surface area (Å²) in [7, 11) is 1.59. The standard InChI is InChI=1S/C18H17N3O2/c1-12-6-5-7-13(10-12)17-16(19)18(21-11-20-17)23-15-9-4-3-8-14(15)22-2/h3-11H,19H2,1-2H3. The van der Waals surface area contributed by atoms with E-state index in [0.717, 1.165) is 11.1 Å². The number of nitrogens with zero attached hydrogens (tertiary/aromatic N) is 2. The van der Waals surface area contributed by atoms with Crippen molar-refractivity contribution >= 4 is 5.69 Å². The average Bonchev–Trinajstić information content (AvgIpc) is 2.57. The van der Waals surface area contributed by atoms with Crippen LogP contribution < -0.4 is 15.2 Å². The quantitative estimate of drug-likeness (QED) is 0.793. The van der Waals surface area contributed by atoms with Crippen LogP contribution >= 0.6 is 0 Å². The van der Waals surface area contributed by atoms with Crippen LogP contribution in [0, 0.1) is 6.92 Å². The second kappa shape index (κ2) is 6.36. The minimum absolute atomic E-state index is 0.306. The molecule has 3 aromatic rings. The van der Waals surface area contributed by atoms with Crippen LogP contribution in [0.25, 0.3) is 11.3 Å². The number of aromatic nitrogens is 2. The van der Waals surface area contributed by atoms with Crippen molar-refractivity contribution in [3.63, 3.8) is 0 Å². The van der Waals surface area contributed by atoms with Gasteiger partial charge in [0, 0.05) is 5.56 Å². The predicted molar refractivity (Wildman–Crippen MR) is 89.7 cm³/mol. The first-order valence-electron chi connectivity index (χ1n) is 7.17. The van der Waals surface area contributed by atoms with Crippen LogP contribution in [0.3, 0.4) is 0 Å². The Morgan fingerprint density at radius 2 is 1.74 bits per heavy atom. The van der Waals surface area contributed by atoms with Crippen LogP contribution in [0.1, 0.15) is 5.56 Å². The molecule has 0 amide bonds. The Kier molecular flexibility index (Phi) is 4.10. The van der Waals surface area contributed by atoms with Crippen molar-refractivity contribution in [1.29, 1.82) is 0 Å². The van der Waals surface area contributed by atoms with Crippen LogP contribution in [0.2, 0.25) is 0 Å². The SMILES string of the molecule is COc1ccccc1Oc1ncnc(-c2cccc(C)c2)c1N. The molecule has 1 aromatic heterocycles. The van der Waals surface area contributed by atoms with E-state index in [1.54, 1.807) is 13.2 Å². The molecule has 0 aliphatic carbocycles. The first-order valence-corrected chi connectivity index (χ1v) is 7.17. The van der Waals surface area contributed by atoms with Gasteiger partial charge in [0.1, 0.15) is 17.7 Å². The maximum atomic E-state index is 6.21. The lowest BCUT2D eigenvalue weighted by Gasteiger charge is -2.12. The maximum absolute atomic E-state index is 6.21. The van der Waals surface area contributed by atoms with Gasteiger partial charge in [-0.2, -0.15) is 4.98 Å². The Balaban J connectivity index is 2.00. The highest BCUT2D eigenvalue weighted by Gasteiger charge is 2.14. The summed E-state index contributed by atoms with van der Waals surface area (Å²) in [6, 6.07) is 15.3. The number of rotatable bonds is 4. The van der Waals surface area contributed by atoms with Gasteiger partial charge < -0.3 is 15.2 Å². The van der Waals surface area contributed by atoms with Gasteiger partial charge in [0.25, 0.3) is 0 Å². The molecule has 0 atom stereocenters. The predicted octanol–water partition coefficient (Wildman–Crippen LogP) is 3.84. The van der Waals surface area contributed by atoms with Crippen molar-refractivity contribution in [2.45, 2.75) is 6.92 Å². The van der Waals surface area contributed by atoms with Gasteiger partial charge >= 0.3 is 0 Å². The van der Waals surface area contributed by atoms with Crippen molar-refractivity contribution in [2.24, 2.45) is 0 Å². The molecule has 5 heteroatoms. The van der Waals surface area contributed by atoms with E-state index in [1.807, 2.05) is 49.4 Å². The molecule has 2 aromatic carbocycles. The zero-order valence-electron chi connectivity index (χ0n) is 13.0. The normalized spacial score (nSPS) is 10.3. The lowest BCUT2D eigenvalue weighted by Crippen LogP contribution is -2.00. The first-order chi connectivity index (χ1) is 11.2. The summed E-state index contributed by atoms with van der Waals surface area (Å²) in [5.74, 6) is 1.47. The Bertz CT molecular complexity index is 834. The molecule has 0 bridgehead atoms. The summed E-state index contributed by atoms with van der Waals surface area (Å²) in [5, 5.41) is 0. The van der Waals surface area contributed by atoms with Gasteiger partial charge in [0.05, 0.1) is 7.11 Å². The van der Waals surface area contributed by atoms with Gasteiger partial charge in [-0.05, 0) is 25.1 Å². The molecule has 0 aliphatic heterocycles. The Hall–Kier alpha value is -3.08. The number of hydrogen-bond donors (Lipinski definition) is 1. The summed E-state index contributed by atoms with van der Waals surface area (Å²) in [5.41, 5.74) is 9.31. The summed E-state index contributed by atoms with van der Waals surface area (Å²) < 4.78 is 11.1. The van der Waals surface area contributed by atoms with E-state index in [0.29, 0.717) is 28.8 Å². The number of nitrogen functional groups attached to an aromatic ring is 1. The largest absolute Gasteiger partial charge is 0.493 e. The van der Waals surface area contributed by atoms with Gasteiger partial charge in [0.2, 0.25) is 5.88 Å². The summed E-state index contributed by atoms with van der Waals surface area (Å²) in [6.07, 6.45) is 1.44. The van der Waals surface area contributed by atoms with Gasteiger partial charge in [-0.3, -0.25) is 0 Å². The summed E-state index contributed by atoms with van der Waals surface area (Å²) >= 11 is 0. The summed E-state index contributed by atoms with van der Waals surface area (Å²) in [4.78, 5) is 8.43. The molecular weight excluding hydrogens is 290 g/mol. The van der Waals surface area contributed by atoms with Gasteiger partial charge in [-0.1, -0.05) is 35.9 Å². The fraction of sp³-hybridized carbons (Fsp3) is 0.111. The van der Waals surface area contributed by atoms with E-state index in [4.69, 9.17) is 15.2 Å². The van der Waals surface area contributed by atoms with Gasteiger partial charge in [0.15, 0.2) is 11.5 Å².